The summed E-state index contributed by atoms with van der Waals surface area (Å²) in [5.74, 6) is 0. The topological polar surface area (TPSA) is 0 Å². The van der Waals surface area contributed by atoms with Gasteiger partial charge in [0.15, 0.2) is 0 Å². The Kier molecular flexibility index (Phi) is 3.83. The molecule has 0 fully saturated rings. The lowest BCUT2D eigenvalue weighted by molar-refractivity contribution is 0.165. The molecule has 0 aromatic rings. The van der Waals surface area contributed by atoms with E-state index in [0.717, 1.165) is 19.3 Å². The van der Waals surface area contributed by atoms with Gasteiger partial charge < -0.3 is 0 Å². The number of alkyl halides is 1. The molecule has 1 unspecified atom stereocenters. The van der Waals surface area contributed by atoms with Crippen LogP contribution in [0.2, 0.25) is 0 Å². The van der Waals surface area contributed by atoms with Gasteiger partial charge in [0.2, 0.25) is 0 Å². The van der Waals surface area contributed by atoms with E-state index in [1.165, 1.54) is 0 Å². The van der Waals surface area contributed by atoms with Gasteiger partial charge >= 0.3 is 0 Å². The van der Waals surface area contributed by atoms with Crippen molar-refractivity contribution < 1.29 is 4.39 Å². The van der Waals surface area contributed by atoms with E-state index in [-0.39, 0.29) is 0 Å². The lowest BCUT2D eigenvalue weighted by Gasteiger charge is -2.16. The van der Waals surface area contributed by atoms with Crippen molar-refractivity contribution in [3.8, 4) is 0 Å². The van der Waals surface area contributed by atoms with E-state index in [2.05, 4.69) is 6.92 Å². The first-order valence-corrected chi connectivity index (χ1v) is 3.81. The van der Waals surface area contributed by atoms with Crippen LogP contribution in [0.1, 0.15) is 46.5 Å². The maximum Gasteiger partial charge on any atom is 0.108 e. The molecular weight excluding hydrogens is 115 g/mol. The van der Waals surface area contributed by atoms with Gasteiger partial charge in [0.1, 0.15) is 5.67 Å². The first-order valence-electron chi connectivity index (χ1n) is 3.81. The van der Waals surface area contributed by atoms with E-state index in [9.17, 15) is 4.39 Å². The Bertz CT molecular complexity index is 67.0. The Hall–Kier alpha value is -0.0700. The zero-order valence-corrected chi connectivity index (χ0v) is 6.71. The largest absolute Gasteiger partial charge is 0.244 e. The average Bonchev–Trinajstić information content (AvgIpc) is 1.84. The second-order valence-corrected chi connectivity index (χ2v) is 2.87. The Morgan fingerprint density at radius 2 is 1.89 bits per heavy atom. The number of unbranched alkanes of at least 4 members (excludes halogenated alkanes) is 1. The summed E-state index contributed by atoms with van der Waals surface area (Å²) in [4.78, 5) is 0. The third kappa shape index (κ3) is 4.43. The Labute approximate surface area is 57.5 Å². The quantitative estimate of drug-likeness (QED) is 0.550. The normalized spacial score (nSPS) is 17.3. The molecule has 0 nitrogen and oxygen atoms in total. The van der Waals surface area contributed by atoms with Gasteiger partial charge in [0, 0.05) is 0 Å². The second-order valence-electron chi connectivity index (χ2n) is 2.87. The number of hydrogen-bond donors (Lipinski definition) is 0. The molecule has 56 valence electrons. The van der Waals surface area contributed by atoms with Gasteiger partial charge in [-0.25, -0.2) is 4.39 Å². The maximum absolute atomic E-state index is 13.0. The van der Waals surface area contributed by atoms with Crippen LogP contribution in [0, 0.1) is 0 Å². The summed E-state index contributed by atoms with van der Waals surface area (Å²) in [6, 6.07) is 0. The minimum atomic E-state index is -0.907. The van der Waals surface area contributed by atoms with Crippen molar-refractivity contribution in [3.63, 3.8) is 0 Å². The van der Waals surface area contributed by atoms with Gasteiger partial charge in [0.25, 0.3) is 0 Å². The zero-order chi connectivity index (χ0) is 7.33. The fourth-order valence-electron chi connectivity index (χ4n) is 0.722. The molecule has 1 atom stereocenters. The molecule has 0 radical (unpaired) electrons. The van der Waals surface area contributed by atoms with Crippen LogP contribution in [-0.4, -0.2) is 5.67 Å². The highest BCUT2D eigenvalue weighted by Crippen LogP contribution is 2.21. The van der Waals surface area contributed by atoms with Crippen LogP contribution < -0.4 is 0 Å². The van der Waals surface area contributed by atoms with E-state index in [4.69, 9.17) is 0 Å². The Morgan fingerprint density at radius 1 is 1.33 bits per heavy atom. The van der Waals surface area contributed by atoms with Crippen molar-refractivity contribution >= 4 is 0 Å². The summed E-state index contributed by atoms with van der Waals surface area (Å²) >= 11 is 0. The van der Waals surface area contributed by atoms with Crippen LogP contribution in [-0.2, 0) is 0 Å². The van der Waals surface area contributed by atoms with Crippen molar-refractivity contribution in [1.29, 1.82) is 0 Å². The monoisotopic (exact) mass is 132 g/mol. The lowest BCUT2D eigenvalue weighted by atomic mass is 9.99. The van der Waals surface area contributed by atoms with Crippen LogP contribution >= 0.6 is 0 Å². The highest BCUT2D eigenvalue weighted by Gasteiger charge is 2.18. The van der Waals surface area contributed by atoms with Gasteiger partial charge in [0.05, 0.1) is 0 Å². The molecule has 0 aliphatic carbocycles. The van der Waals surface area contributed by atoms with Gasteiger partial charge in [-0.2, -0.15) is 0 Å². The molecular formula is C8H17F. The van der Waals surface area contributed by atoms with Crippen LogP contribution in [0.5, 0.6) is 0 Å². The van der Waals surface area contributed by atoms with Gasteiger partial charge in [-0.1, -0.05) is 26.7 Å². The van der Waals surface area contributed by atoms with E-state index in [1.54, 1.807) is 6.92 Å². The minimum Gasteiger partial charge on any atom is -0.244 e. The molecule has 0 spiro atoms. The van der Waals surface area contributed by atoms with Gasteiger partial charge in [-0.3, -0.25) is 0 Å². The van der Waals surface area contributed by atoms with E-state index in [1.807, 2.05) is 6.92 Å². The standard InChI is InChI=1S/C8H17F/c1-4-6-7-8(3,9)5-2/h4-7H2,1-3H3. The van der Waals surface area contributed by atoms with Crippen LogP contribution in [0.3, 0.4) is 0 Å². The zero-order valence-electron chi connectivity index (χ0n) is 6.71. The van der Waals surface area contributed by atoms with Crippen molar-refractivity contribution in [3.05, 3.63) is 0 Å². The van der Waals surface area contributed by atoms with E-state index in [0.29, 0.717) is 6.42 Å². The predicted molar refractivity (Wildman–Crippen MR) is 39.3 cm³/mol. The smallest absolute Gasteiger partial charge is 0.108 e. The molecule has 0 aromatic heterocycles. The molecule has 0 rings (SSSR count). The molecule has 0 bridgehead atoms. The summed E-state index contributed by atoms with van der Waals surface area (Å²) in [5, 5.41) is 0. The van der Waals surface area contributed by atoms with Crippen LogP contribution in [0.4, 0.5) is 4.39 Å². The van der Waals surface area contributed by atoms with Crippen molar-refractivity contribution in [2.45, 2.75) is 52.1 Å². The Morgan fingerprint density at radius 3 is 2.22 bits per heavy atom. The number of rotatable bonds is 4. The predicted octanol–water partition coefficient (Wildman–Crippen LogP) is 3.31. The highest BCUT2D eigenvalue weighted by atomic mass is 19.1. The molecule has 9 heavy (non-hydrogen) atoms. The first-order chi connectivity index (χ1) is 4.12. The van der Waals surface area contributed by atoms with E-state index >= 15 is 0 Å². The average molecular weight is 132 g/mol. The van der Waals surface area contributed by atoms with Crippen LogP contribution in [0.15, 0.2) is 0 Å². The number of hydrogen-bond acceptors (Lipinski definition) is 0. The lowest BCUT2D eigenvalue weighted by Crippen LogP contribution is -2.15. The fraction of sp³-hybridized carbons (Fsp3) is 1.00. The van der Waals surface area contributed by atoms with Crippen molar-refractivity contribution in [2.24, 2.45) is 0 Å². The summed E-state index contributed by atoms with van der Waals surface area (Å²) in [5.41, 5.74) is -0.907. The SMILES string of the molecule is CCCCC(C)(F)CC. The number of halogens is 1. The molecule has 1 heteroatoms. The third-order valence-electron chi connectivity index (χ3n) is 1.79. The summed E-state index contributed by atoms with van der Waals surface area (Å²) < 4.78 is 13.0. The summed E-state index contributed by atoms with van der Waals surface area (Å²) in [7, 11) is 0. The van der Waals surface area contributed by atoms with Crippen molar-refractivity contribution in [1.82, 2.24) is 0 Å². The fourth-order valence-corrected chi connectivity index (χ4v) is 0.722. The highest BCUT2D eigenvalue weighted by molar-refractivity contribution is 4.69. The maximum atomic E-state index is 13.0. The van der Waals surface area contributed by atoms with Gasteiger partial charge in [-0.05, 0) is 19.8 Å². The first kappa shape index (κ1) is 8.93. The molecule has 0 aliphatic heterocycles. The third-order valence-corrected chi connectivity index (χ3v) is 1.79. The van der Waals surface area contributed by atoms with Gasteiger partial charge in [-0.15, -0.1) is 0 Å². The van der Waals surface area contributed by atoms with Crippen molar-refractivity contribution in [2.75, 3.05) is 0 Å². The molecule has 0 saturated carbocycles. The Balaban J connectivity index is 3.33. The molecule has 0 amide bonds. The summed E-state index contributed by atoms with van der Waals surface area (Å²) in [6.45, 7) is 5.67. The molecule has 0 heterocycles. The summed E-state index contributed by atoms with van der Waals surface area (Å²) in [6.07, 6.45) is 3.48. The molecule has 0 N–H and O–H groups in total. The minimum absolute atomic E-state index is 0.646. The molecule has 0 aromatic carbocycles. The van der Waals surface area contributed by atoms with E-state index < -0.39 is 5.67 Å². The molecule has 0 saturated heterocycles. The van der Waals surface area contributed by atoms with Crippen LogP contribution in [0.25, 0.3) is 0 Å². The molecule has 0 aliphatic rings. The second kappa shape index (κ2) is 3.86.